The molecule has 0 heterocycles. The van der Waals surface area contributed by atoms with Gasteiger partial charge in [-0.2, -0.15) is 0 Å². The van der Waals surface area contributed by atoms with Crippen LogP contribution in [0, 0.1) is 17.6 Å². The molecule has 1 aliphatic rings. The molecule has 30 heavy (non-hydrogen) atoms. The molecule has 1 aliphatic carbocycles. The van der Waals surface area contributed by atoms with Crippen molar-refractivity contribution in [1.29, 1.82) is 0 Å². The van der Waals surface area contributed by atoms with Crippen LogP contribution in [0.3, 0.4) is 0 Å². The first-order chi connectivity index (χ1) is 14.5. The number of fused-ring (bicyclic) bond motifs is 1. The van der Waals surface area contributed by atoms with E-state index in [0.717, 1.165) is 17.7 Å². The minimum atomic E-state index is -0.323. The van der Waals surface area contributed by atoms with Crippen molar-refractivity contribution in [3.8, 4) is 11.5 Å². The number of methoxy groups -OCH3 is 2. The normalized spacial score (nSPS) is 20.5. The van der Waals surface area contributed by atoms with Crippen molar-refractivity contribution in [1.82, 2.24) is 0 Å². The highest BCUT2D eigenvalue weighted by atomic mass is 19.1. The fourth-order valence-electron chi connectivity index (χ4n) is 4.78. The van der Waals surface area contributed by atoms with Crippen LogP contribution in [0.5, 0.6) is 11.5 Å². The van der Waals surface area contributed by atoms with Gasteiger partial charge in [-0.15, -0.1) is 0 Å². The molecule has 0 aromatic heterocycles. The van der Waals surface area contributed by atoms with E-state index in [0.29, 0.717) is 17.5 Å². The van der Waals surface area contributed by atoms with Gasteiger partial charge in [-0.1, -0.05) is 43.3 Å². The molecule has 4 rings (SSSR count). The van der Waals surface area contributed by atoms with Gasteiger partial charge in [0.25, 0.3) is 0 Å². The summed E-state index contributed by atoms with van der Waals surface area (Å²) >= 11 is 0. The average Bonchev–Trinajstić information content (AvgIpc) is 2.77. The monoisotopic (exact) mass is 408 g/mol. The molecule has 3 atom stereocenters. The topological polar surface area (TPSA) is 18.5 Å². The molecule has 0 radical (unpaired) electrons. The number of ether oxygens (including phenoxy) is 2. The molecule has 0 saturated heterocycles. The van der Waals surface area contributed by atoms with Gasteiger partial charge in [0, 0.05) is 0 Å². The lowest BCUT2D eigenvalue weighted by molar-refractivity contribution is 0.325. The van der Waals surface area contributed by atoms with Gasteiger partial charge in [-0.3, -0.25) is 0 Å². The Morgan fingerprint density at radius 1 is 0.900 bits per heavy atom. The molecule has 0 aliphatic heterocycles. The molecule has 156 valence electrons. The van der Waals surface area contributed by atoms with Gasteiger partial charge in [0.1, 0.15) is 11.6 Å². The van der Waals surface area contributed by atoms with Crippen LogP contribution in [0.1, 0.15) is 41.0 Å². The van der Waals surface area contributed by atoms with Crippen LogP contribution in [0.4, 0.5) is 8.78 Å². The van der Waals surface area contributed by atoms with E-state index in [1.165, 1.54) is 18.7 Å². The number of rotatable bonds is 5. The van der Waals surface area contributed by atoms with Crippen LogP contribution in [-0.2, 0) is 12.8 Å². The lowest BCUT2D eigenvalue weighted by Gasteiger charge is -2.39. The van der Waals surface area contributed by atoms with E-state index in [1.807, 2.05) is 24.3 Å². The molecule has 0 bridgehead atoms. The Morgan fingerprint density at radius 3 is 2.30 bits per heavy atom. The predicted octanol–water partition coefficient (Wildman–Crippen LogP) is 6.28. The molecule has 2 nitrogen and oxygen atoms in total. The Kier molecular flexibility index (Phi) is 5.76. The Labute approximate surface area is 176 Å². The zero-order valence-electron chi connectivity index (χ0n) is 17.5. The third-order valence-electron chi connectivity index (χ3n) is 6.48. The zero-order chi connectivity index (χ0) is 21.3. The lowest BCUT2D eigenvalue weighted by atomic mass is 9.65. The van der Waals surface area contributed by atoms with Crippen molar-refractivity contribution in [2.24, 2.45) is 5.92 Å². The third-order valence-corrected chi connectivity index (χ3v) is 6.48. The van der Waals surface area contributed by atoms with Crippen molar-refractivity contribution in [3.63, 3.8) is 0 Å². The van der Waals surface area contributed by atoms with Gasteiger partial charge in [0.2, 0.25) is 0 Å². The first-order valence-electron chi connectivity index (χ1n) is 10.3. The number of benzene rings is 3. The van der Waals surface area contributed by atoms with Crippen LogP contribution in [0.2, 0.25) is 0 Å². The van der Waals surface area contributed by atoms with Gasteiger partial charge in [-0.25, -0.2) is 8.78 Å². The highest BCUT2D eigenvalue weighted by Crippen LogP contribution is 2.48. The van der Waals surface area contributed by atoms with Crippen LogP contribution in [-0.4, -0.2) is 14.2 Å². The minimum absolute atomic E-state index is 0.118. The van der Waals surface area contributed by atoms with Gasteiger partial charge < -0.3 is 9.47 Å². The van der Waals surface area contributed by atoms with E-state index in [4.69, 9.17) is 9.47 Å². The van der Waals surface area contributed by atoms with Gasteiger partial charge in [0.15, 0.2) is 11.6 Å². The SMILES string of the molecule is COc1ccc(C2Cc3ccc(OC)c(F)c3C(Cc3ccccc3F)C2C)cc1. The second kappa shape index (κ2) is 8.47. The Balaban J connectivity index is 1.79. The predicted molar refractivity (Wildman–Crippen MR) is 114 cm³/mol. The first kappa shape index (κ1) is 20.4. The summed E-state index contributed by atoms with van der Waals surface area (Å²) in [6, 6.07) is 18.5. The summed E-state index contributed by atoms with van der Waals surface area (Å²) < 4.78 is 40.4. The van der Waals surface area contributed by atoms with Crippen molar-refractivity contribution in [3.05, 3.63) is 94.6 Å². The average molecular weight is 408 g/mol. The largest absolute Gasteiger partial charge is 0.497 e. The Morgan fingerprint density at radius 2 is 1.63 bits per heavy atom. The molecule has 0 saturated carbocycles. The van der Waals surface area contributed by atoms with E-state index in [9.17, 15) is 4.39 Å². The highest BCUT2D eigenvalue weighted by molar-refractivity contribution is 5.45. The first-order valence-corrected chi connectivity index (χ1v) is 10.3. The second-order valence-electron chi connectivity index (χ2n) is 8.00. The van der Waals surface area contributed by atoms with Gasteiger partial charge >= 0.3 is 0 Å². The van der Waals surface area contributed by atoms with Gasteiger partial charge in [0.05, 0.1) is 14.2 Å². The molecule has 0 amide bonds. The van der Waals surface area contributed by atoms with Crippen LogP contribution < -0.4 is 9.47 Å². The third kappa shape index (κ3) is 3.67. The number of hydrogen-bond acceptors (Lipinski definition) is 2. The summed E-state index contributed by atoms with van der Waals surface area (Å²) in [6.07, 6.45) is 1.18. The lowest BCUT2D eigenvalue weighted by Crippen LogP contribution is -2.29. The molecule has 4 heteroatoms. The molecule has 3 aromatic carbocycles. The molecule has 3 aromatic rings. The smallest absolute Gasteiger partial charge is 0.168 e. The van der Waals surface area contributed by atoms with E-state index >= 15 is 4.39 Å². The maximum absolute atomic E-state index is 15.4. The second-order valence-corrected chi connectivity index (χ2v) is 8.00. The van der Waals surface area contributed by atoms with Crippen molar-refractivity contribution in [2.75, 3.05) is 14.2 Å². The summed E-state index contributed by atoms with van der Waals surface area (Å²) in [5, 5.41) is 0. The summed E-state index contributed by atoms with van der Waals surface area (Å²) in [6.45, 7) is 2.14. The Bertz CT molecular complexity index is 1030. The van der Waals surface area contributed by atoms with Crippen LogP contribution >= 0.6 is 0 Å². The number of halogens is 2. The Hall–Kier alpha value is -2.88. The fourth-order valence-corrected chi connectivity index (χ4v) is 4.78. The maximum atomic E-state index is 15.4. The number of hydrogen-bond donors (Lipinski definition) is 0. The van der Waals surface area contributed by atoms with Crippen molar-refractivity contribution < 1.29 is 18.3 Å². The molecule has 0 N–H and O–H groups in total. The van der Waals surface area contributed by atoms with E-state index in [-0.39, 0.29) is 35.1 Å². The summed E-state index contributed by atoms with van der Waals surface area (Å²) in [5.74, 6) is 0.633. The molecular weight excluding hydrogens is 382 g/mol. The summed E-state index contributed by atoms with van der Waals surface area (Å²) in [4.78, 5) is 0. The van der Waals surface area contributed by atoms with Crippen molar-refractivity contribution >= 4 is 0 Å². The fraction of sp³-hybridized carbons (Fsp3) is 0.308. The van der Waals surface area contributed by atoms with E-state index < -0.39 is 0 Å². The van der Waals surface area contributed by atoms with E-state index in [2.05, 4.69) is 19.1 Å². The van der Waals surface area contributed by atoms with Crippen LogP contribution in [0.15, 0.2) is 60.7 Å². The standard InChI is InChI=1S/C26H26F2O2/c1-16-21(17-8-11-20(29-2)12-9-17)15-19-10-13-24(30-3)26(28)25(19)22(16)14-18-6-4-5-7-23(18)27/h4-13,16,21-22H,14-15H2,1-3H3. The van der Waals surface area contributed by atoms with Gasteiger partial charge in [-0.05, 0) is 77.1 Å². The summed E-state index contributed by atoms with van der Waals surface area (Å²) in [5.41, 5.74) is 3.42. The van der Waals surface area contributed by atoms with E-state index in [1.54, 1.807) is 25.3 Å². The van der Waals surface area contributed by atoms with Crippen molar-refractivity contribution in [2.45, 2.75) is 31.6 Å². The summed E-state index contributed by atoms with van der Waals surface area (Å²) in [7, 11) is 3.12. The molecule has 3 unspecified atom stereocenters. The van der Waals surface area contributed by atoms with Crippen LogP contribution in [0.25, 0.3) is 0 Å². The molecule has 0 spiro atoms. The maximum Gasteiger partial charge on any atom is 0.168 e. The molecule has 0 fully saturated rings. The minimum Gasteiger partial charge on any atom is -0.497 e. The zero-order valence-corrected chi connectivity index (χ0v) is 17.5. The molecular formula is C26H26F2O2. The highest BCUT2D eigenvalue weighted by Gasteiger charge is 2.37. The quantitative estimate of drug-likeness (QED) is 0.494.